The summed E-state index contributed by atoms with van der Waals surface area (Å²) in [6.07, 6.45) is -0.0425. The van der Waals surface area contributed by atoms with Crippen LogP contribution in [-0.4, -0.2) is 41.8 Å². The second-order valence-corrected chi connectivity index (χ2v) is 5.60. The Bertz CT molecular complexity index is 453. The van der Waals surface area contributed by atoms with Gasteiger partial charge >= 0.3 is 0 Å². The minimum absolute atomic E-state index is 0.0425. The summed E-state index contributed by atoms with van der Waals surface area (Å²) in [4.78, 5) is 14.1. The lowest BCUT2D eigenvalue weighted by Gasteiger charge is -2.30. The van der Waals surface area contributed by atoms with E-state index in [4.69, 9.17) is 0 Å². The summed E-state index contributed by atoms with van der Waals surface area (Å²) in [6.45, 7) is 0.854. The highest BCUT2D eigenvalue weighted by molar-refractivity contribution is 7.99. The van der Waals surface area contributed by atoms with Crippen molar-refractivity contribution < 1.29 is 13.6 Å². The molecule has 1 unspecified atom stereocenters. The fourth-order valence-corrected chi connectivity index (χ4v) is 3.26. The molecule has 5 heteroatoms. The molecule has 2 nitrogen and oxygen atoms in total. The summed E-state index contributed by atoms with van der Waals surface area (Å²) < 4.78 is 26.5. The van der Waals surface area contributed by atoms with Crippen molar-refractivity contribution in [1.29, 1.82) is 0 Å². The molecule has 1 aromatic carbocycles. The van der Waals surface area contributed by atoms with Gasteiger partial charge in [0.25, 0.3) is 0 Å². The molecule has 0 radical (unpaired) electrons. The summed E-state index contributed by atoms with van der Waals surface area (Å²) >= 11 is 1.72. The number of rotatable bonds is 3. The van der Waals surface area contributed by atoms with Gasteiger partial charge < -0.3 is 0 Å². The second-order valence-electron chi connectivity index (χ2n) is 4.45. The third-order valence-corrected chi connectivity index (χ3v) is 4.16. The van der Waals surface area contributed by atoms with Crippen molar-refractivity contribution in [3.05, 3.63) is 35.4 Å². The number of thioether (sulfide) groups is 1. The zero-order chi connectivity index (χ0) is 13.1. The van der Waals surface area contributed by atoms with Gasteiger partial charge in [-0.3, -0.25) is 9.69 Å². The highest BCUT2D eigenvalue weighted by atomic mass is 32.2. The fourth-order valence-electron chi connectivity index (χ4n) is 2.01. The number of benzene rings is 1. The second kappa shape index (κ2) is 5.80. The van der Waals surface area contributed by atoms with Crippen molar-refractivity contribution in [1.82, 2.24) is 4.90 Å². The largest absolute Gasteiger partial charge is 0.298 e. The Labute approximate surface area is 109 Å². The lowest BCUT2D eigenvalue weighted by Crippen LogP contribution is -2.45. The number of hydrogen-bond acceptors (Lipinski definition) is 3. The van der Waals surface area contributed by atoms with E-state index in [1.54, 1.807) is 11.8 Å². The van der Waals surface area contributed by atoms with E-state index in [-0.39, 0.29) is 23.8 Å². The molecule has 1 saturated heterocycles. The molecule has 0 bridgehead atoms. The zero-order valence-corrected chi connectivity index (χ0v) is 11.0. The molecule has 0 spiro atoms. The third kappa shape index (κ3) is 3.09. The van der Waals surface area contributed by atoms with Crippen LogP contribution in [0.2, 0.25) is 0 Å². The molecule has 1 fully saturated rings. The van der Waals surface area contributed by atoms with Crippen LogP contribution in [0.5, 0.6) is 0 Å². The molecule has 18 heavy (non-hydrogen) atoms. The molecule has 0 N–H and O–H groups in total. The van der Waals surface area contributed by atoms with Gasteiger partial charge in [0, 0.05) is 24.5 Å². The van der Waals surface area contributed by atoms with Crippen molar-refractivity contribution in [2.24, 2.45) is 0 Å². The summed E-state index contributed by atoms with van der Waals surface area (Å²) in [5.74, 6) is 0.663. The Morgan fingerprint density at radius 2 is 2.28 bits per heavy atom. The number of carbonyl (C=O) groups is 1. The first kappa shape index (κ1) is 13.5. The first-order chi connectivity index (χ1) is 8.58. The number of Topliss-reactive ketones (excluding diaryl/α,β-unsaturated/α-hetero) is 1. The van der Waals surface area contributed by atoms with Gasteiger partial charge in [0.15, 0.2) is 5.78 Å². The smallest absolute Gasteiger partial charge is 0.155 e. The molecular formula is C13H15F2NOS. The van der Waals surface area contributed by atoms with Gasteiger partial charge in [-0.2, -0.15) is 11.8 Å². The first-order valence-corrected chi connectivity index (χ1v) is 6.98. The number of carbonyl (C=O) groups excluding carboxylic acids is 1. The van der Waals surface area contributed by atoms with Crippen LogP contribution in [-0.2, 0) is 11.2 Å². The predicted octanol–water partition coefficient (Wildman–Crippen LogP) is 2.12. The maximum atomic E-state index is 13.5. The van der Waals surface area contributed by atoms with Gasteiger partial charge in [-0.15, -0.1) is 0 Å². The van der Waals surface area contributed by atoms with E-state index in [0.717, 1.165) is 36.2 Å². The van der Waals surface area contributed by atoms with E-state index in [9.17, 15) is 13.6 Å². The SMILES string of the molecule is CN1CCSCC1C(=O)Cc1cc(F)ccc1F. The number of ketones is 1. The van der Waals surface area contributed by atoms with E-state index < -0.39 is 11.6 Å². The van der Waals surface area contributed by atoms with Crippen LogP contribution in [0.1, 0.15) is 5.56 Å². The average molecular weight is 271 g/mol. The van der Waals surface area contributed by atoms with Gasteiger partial charge in [-0.05, 0) is 30.8 Å². The highest BCUT2D eigenvalue weighted by Crippen LogP contribution is 2.18. The topological polar surface area (TPSA) is 20.3 Å². The molecule has 0 amide bonds. The molecule has 1 heterocycles. The molecule has 1 aromatic rings. The Morgan fingerprint density at radius 3 is 3.00 bits per heavy atom. The Morgan fingerprint density at radius 1 is 1.50 bits per heavy atom. The van der Waals surface area contributed by atoms with Crippen molar-refractivity contribution in [3.8, 4) is 0 Å². The zero-order valence-electron chi connectivity index (χ0n) is 10.2. The quantitative estimate of drug-likeness (QED) is 0.840. The van der Waals surface area contributed by atoms with Crippen LogP contribution in [0.15, 0.2) is 18.2 Å². The number of halogens is 2. The van der Waals surface area contributed by atoms with Crippen LogP contribution in [0, 0.1) is 11.6 Å². The van der Waals surface area contributed by atoms with E-state index in [1.807, 2.05) is 11.9 Å². The van der Waals surface area contributed by atoms with E-state index in [1.165, 1.54) is 0 Å². The number of nitrogens with zero attached hydrogens (tertiary/aromatic N) is 1. The standard InChI is InChI=1S/C13H15F2NOS/c1-16-4-5-18-8-12(16)13(17)7-9-6-10(14)2-3-11(9)15/h2-3,6,12H,4-5,7-8H2,1H3. The molecule has 0 saturated carbocycles. The fraction of sp³-hybridized carbons (Fsp3) is 0.462. The number of hydrogen-bond donors (Lipinski definition) is 0. The summed E-state index contributed by atoms with van der Waals surface area (Å²) in [5.41, 5.74) is 0.143. The normalized spacial score (nSPS) is 20.9. The highest BCUT2D eigenvalue weighted by Gasteiger charge is 2.26. The van der Waals surface area contributed by atoms with Crippen molar-refractivity contribution in [3.63, 3.8) is 0 Å². The maximum absolute atomic E-state index is 13.5. The Hall–Kier alpha value is -0.940. The van der Waals surface area contributed by atoms with Gasteiger partial charge in [0.2, 0.25) is 0 Å². The van der Waals surface area contributed by atoms with Gasteiger partial charge in [-0.1, -0.05) is 0 Å². The molecule has 0 aromatic heterocycles. The average Bonchev–Trinajstić information content (AvgIpc) is 2.34. The van der Waals surface area contributed by atoms with Gasteiger partial charge in [0.05, 0.1) is 6.04 Å². The monoisotopic (exact) mass is 271 g/mol. The first-order valence-electron chi connectivity index (χ1n) is 5.82. The van der Waals surface area contributed by atoms with Crippen LogP contribution in [0.4, 0.5) is 8.78 Å². The molecule has 1 aliphatic rings. The van der Waals surface area contributed by atoms with Crippen LogP contribution in [0.3, 0.4) is 0 Å². The molecule has 1 atom stereocenters. The lowest BCUT2D eigenvalue weighted by molar-refractivity contribution is -0.122. The Balaban J connectivity index is 2.08. The van der Waals surface area contributed by atoms with Crippen molar-refractivity contribution >= 4 is 17.5 Å². The predicted molar refractivity (Wildman–Crippen MR) is 68.8 cm³/mol. The molecule has 1 aliphatic heterocycles. The van der Waals surface area contributed by atoms with Crippen molar-refractivity contribution in [2.75, 3.05) is 25.1 Å². The molecule has 2 rings (SSSR count). The summed E-state index contributed by atoms with van der Waals surface area (Å²) in [6, 6.07) is 3.04. The van der Waals surface area contributed by atoms with Crippen molar-refractivity contribution in [2.45, 2.75) is 12.5 Å². The van der Waals surface area contributed by atoms with E-state index >= 15 is 0 Å². The van der Waals surface area contributed by atoms with Gasteiger partial charge in [0.1, 0.15) is 11.6 Å². The third-order valence-electron chi connectivity index (χ3n) is 3.14. The maximum Gasteiger partial charge on any atom is 0.155 e. The van der Waals surface area contributed by atoms with E-state index in [0.29, 0.717) is 0 Å². The van der Waals surface area contributed by atoms with Crippen LogP contribution in [0.25, 0.3) is 0 Å². The minimum atomic E-state index is -0.518. The minimum Gasteiger partial charge on any atom is -0.298 e. The molecule has 98 valence electrons. The Kier molecular flexibility index (Phi) is 4.35. The van der Waals surface area contributed by atoms with E-state index in [2.05, 4.69) is 0 Å². The molecular weight excluding hydrogens is 256 g/mol. The lowest BCUT2D eigenvalue weighted by atomic mass is 10.0. The van der Waals surface area contributed by atoms with Crippen LogP contribution < -0.4 is 0 Å². The summed E-state index contributed by atoms with van der Waals surface area (Å²) in [5, 5.41) is 0. The summed E-state index contributed by atoms with van der Waals surface area (Å²) in [7, 11) is 1.89. The van der Waals surface area contributed by atoms with Gasteiger partial charge in [-0.25, -0.2) is 8.78 Å². The number of likely N-dealkylation sites (N-methyl/N-ethyl adjacent to an activating group) is 1. The van der Waals surface area contributed by atoms with Crippen LogP contribution >= 0.6 is 11.8 Å². The molecule has 0 aliphatic carbocycles.